The van der Waals surface area contributed by atoms with Gasteiger partial charge in [0.05, 0.1) is 0 Å². The fourth-order valence-electron chi connectivity index (χ4n) is 2.96. The van der Waals surface area contributed by atoms with Gasteiger partial charge >= 0.3 is 0 Å². The molecule has 1 saturated heterocycles. The minimum absolute atomic E-state index is 0.205. The molecule has 2 rings (SSSR count). The lowest BCUT2D eigenvalue weighted by Gasteiger charge is -2.34. The zero-order valence-electron chi connectivity index (χ0n) is 12.3. The molecule has 0 spiro atoms. The number of hydrogen-bond donors (Lipinski definition) is 1. The molecule has 1 aromatic rings. The standard InChI is InChI=1S/C16H24ClFN2/c1-3-20(11-14-6-4-5-9-19-14)12(2)15-8-7-13(18)10-16(15)17/h7-8,10,12,14,19H,3-6,9,11H2,1-2H3. The van der Waals surface area contributed by atoms with E-state index in [0.29, 0.717) is 11.1 Å². The number of halogens is 2. The first-order chi connectivity index (χ1) is 9.61. The topological polar surface area (TPSA) is 15.3 Å². The van der Waals surface area contributed by atoms with Crippen LogP contribution in [-0.2, 0) is 0 Å². The van der Waals surface area contributed by atoms with Crippen molar-refractivity contribution in [3.8, 4) is 0 Å². The zero-order chi connectivity index (χ0) is 14.5. The fraction of sp³-hybridized carbons (Fsp3) is 0.625. The minimum atomic E-state index is -0.275. The van der Waals surface area contributed by atoms with Crippen molar-refractivity contribution in [1.82, 2.24) is 10.2 Å². The third kappa shape index (κ3) is 3.94. The Morgan fingerprint density at radius 1 is 1.45 bits per heavy atom. The van der Waals surface area contributed by atoms with Gasteiger partial charge in [-0.2, -0.15) is 0 Å². The Hall–Kier alpha value is -0.640. The number of piperidine rings is 1. The van der Waals surface area contributed by atoms with Crippen molar-refractivity contribution in [2.45, 2.75) is 45.2 Å². The van der Waals surface area contributed by atoms with E-state index in [1.165, 1.54) is 31.4 Å². The first kappa shape index (κ1) is 15.7. The third-order valence-corrected chi connectivity index (χ3v) is 4.56. The number of hydrogen-bond acceptors (Lipinski definition) is 2. The van der Waals surface area contributed by atoms with Crippen molar-refractivity contribution >= 4 is 11.6 Å². The van der Waals surface area contributed by atoms with Crippen molar-refractivity contribution in [2.24, 2.45) is 0 Å². The van der Waals surface area contributed by atoms with E-state index in [-0.39, 0.29) is 11.9 Å². The van der Waals surface area contributed by atoms with E-state index in [0.717, 1.165) is 25.2 Å². The summed E-state index contributed by atoms with van der Waals surface area (Å²) in [5, 5.41) is 4.10. The molecule has 1 aliphatic rings. The molecule has 112 valence electrons. The van der Waals surface area contributed by atoms with Gasteiger partial charge in [0.1, 0.15) is 5.82 Å². The lowest BCUT2D eigenvalue weighted by Crippen LogP contribution is -2.44. The number of rotatable bonds is 5. The second-order valence-electron chi connectivity index (χ2n) is 5.58. The quantitative estimate of drug-likeness (QED) is 0.884. The Labute approximate surface area is 126 Å². The van der Waals surface area contributed by atoms with Crippen LogP contribution in [0.25, 0.3) is 0 Å². The maximum atomic E-state index is 13.2. The van der Waals surface area contributed by atoms with Gasteiger partial charge in [0.15, 0.2) is 0 Å². The molecule has 0 saturated carbocycles. The summed E-state index contributed by atoms with van der Waals surface area (Å²) in [6.45, 7) is 7.41. The molecule has 0 aliphatic carbocycles. The highest BCUT2D eigenvalue weighted by atomic mass is 35.5. The molecule has 1 N–H and O–H groups in total. The van der Waals surface area contributed by atoms with E-state index < -0.39 is 0 Å². The van der Waals surface area contributed by atoms with Gasteiger partial charge < -0.3 is 5.32 Å². The van der Waals surface area contributed by atoms with E-state index >= 15 is 0 Å². The van der Waals surface area contributed by atoms with Crippen LogP contribution in [0.15, 0.2) is 18.2 Å². The van der Waals surface area contributed by atoms with Crippen molar-refractivity contribution in [3.05, 3.63) is 34.6 Å². The summed E-state index contributed by atoms with van der Waals surface area (Å²) in [4.78, 5) is 2.40. The Balaban J connectivity index is 2.05. The Bertz CT molecular complexity index is 432. The second kappa shape index (κ2) is 7.39. The molecule has 4 heteroatoms. The molecule has 1 aliphatic heterocycles. The fourth-order valence-corrected chi connectivity index (χ4v) is 3.29. The van der Waals surface area contributed by atoms with Crippen LogP contribution >= 0.6 is 11.6 Å². The molecule has 2 atom stereocenters. The molecule has 0 aromatic heterocycles. The molecule has 1 aromatic carbocycles. The highest BCUT2D eigenvalue weighted by Gasteiger charge is 2.21. The van der Waals surface area contributed by atoms with Crippen LogP contribution in [0.5, 0.6) is 0 Å². The first-order valence-corrected chi connectivity index (χ1v) is 7.92. The molecule has 1 fully saturated rings. The predicted molar refractivity (Wildman–Crippen MR) is 82.7 cm³/mol. The molecule has 1 heterocycles. The van der Waals surface area contributed by atoms with Crippen molar-refractivity contribution in [2.75, 3.05) is 19.6 Å². The van der Waals surface area contributed by atoms with E-state index in [9.17, 15) is 4.39 Å². The number of nitrogens with zero attached hydrogens (tertiary/aromatic N) is 1. The first-order valence-electron chi connectivity index (χ1n) is 7.54. The summed E-state index contributed by atoms with van der Waals surface area (Å²) in [5.41, 5.74) is 1.01. The Morgan fingerprint density at radius 3 is 2.85 bits per heavy atom. The van der Waals surface area contributed by atoms with E-state index in [1.54, 1.807) is 6.07 Å². The monoisotopic (exact) mass is 298 g/mol. The van der Waals surface area contributed by atoms with Crippen LogP contribution in [0.1, 0.15) is 44.7 Å². The van der Waals surface area contributed by atoms with Crippen molar-refractivity contribution < 1.29 is 4.39 Å². The summed E-state index contributed by atoms with van der Waals surface area (Å²) in [6, 6.07) is 5.46. The summed E-state index contributed by atoms with van der Waals surface area (Å²) in [6.07, 6.45) is 3.82. The molecule has 2 unspecified atom stereocenters. The summed E-state index contributed by atoms with van der Waals surface area (Å²) >= 11 is 6.19. The smallest absolute Gasteiger partial charge is 0.124 e. The Morgan fingerprint density at radius 2 is 2.25 bits per heavy atom. The van der Waals surface area contributed by atoms with Crippen LogP contribution in [0.3, 0.4) is 0 Å². The van der Waals surface area contributed by atoms with E-state index in [4.69, 9.17) is 11.6 Å². The average Bonchev–Trinajstić information content (AvgIpc) is 2.45. The molecule has 20 heavy (non-hydrogen) atoms. The van der Waals surface area contributed by atoms with Gasteiger partial charge in [0.2, 0.25) is 0 Å². The molecule has 2 nitrogen and oxygen atoms in total. The second-order valence-corrected chi connectivity index (χ2v) is 5.98. The Kier molecular flexibility index (Phi) is 5.82. The molecule has 0 radical (unpaired) electrons. The van der Waals surface area contributed by atoms with Crippen LogP contribution in [-0.4, -0.2) is 30.6 Å². The van der Waals surface area contributed by atoms with Gasteiger partial charge in [-0.15, -0.1) is 0 Å². The maximum Gasteiger partial charge on any atom is 0.124 e. The highest BCUT2D eigenvalue weighted by molar-refractivity contribution is 6.31. The van der Waals surface area contributed by atoms with Gasteiger partial charge in [0, 0.05) is 23.7 Å². The van der Waals surface area contributed by atoms with Gasteiger partial charge in [-0.1, -0.05) is 31.0 Å². The maximum absolute atomic E-state index is 13.2. The van der Waals surface area contributed by atoms with Crippen LogP contribution in [0.2, 0.25) is 5.02 Å². The van der Waals surface area contributed by atoms with Gasteiger partial charge in [-0.3, -0.25) is 4.90 Å². The average molecular weight is 299 g/mol. The van der Waals surface area contributed by atoms with E-state index in [2.05, 4.69) is 24.1 Å². The zero-order valence-corrected chi connectivity index (χ0v) is 13.1. The molecular weight excluding hydrogens is 275 g/mol. The van der Waals surface area contributed by atoms with Crippen LogP contribution in [0, 0.1) is 5.82 Å². The summed E-state index contributed by atoms with van der Waals surface area (Å²) in [7, 11) is 0. The van der Waals surface area contributed by atoms with Crippen molar-refractivity contribution in [1.29, 1.82) is 0 Å². The van der Waals surface area contributed by atoms with Crippen molar-refractivity contribution in [3.63, 3.8) is 0 Å². The lowest BCUT2D eigenvalue weighted by molar-refractivity contribution is 0.184. The minimum Gasteiger partial charge on any atom is -0.313 e. The lowest BCUT2D eigenvalue weighted by atomic mass is 10.0. The van der Waals surface area contributed by atoms with Crippen LogP contribution < -0.4 is 5.32 Å². The number of nitrogens with one attached hydrogen (secondary N) is 1. The van der Waals surface area contributed by atoms with Crippen LogP contribution in [0.4, 0.5) is 4.39 Å². The third-order valence-electron chi connectivity index (χ3n) is 4.23. The highest BCUT2D eigenvalue weighted by Crippen LogP contribution is 2.28. The SMILES string of the molecule is CCN(CC1CCCCN1)C(C)c1ccc(F)cc1Cl. The van der Waals surface area contributed by atoms with Gasteiger partial charge in [0.25, 0.3) is 0 Å². The van der Waals surface area contributed by atoms with Gasteiger partial charge in [-0.05, 0) is 50.6 Å². The summed E-state index contributed by atoms with van der Waals surface area (Å²) in [5.74, 6) is -0.275. The van der Waals surface area contributed by atoms with Gasteiger partial charge in [-0.25, -0.2) is 4.39 Å². The molecule has 0 bridgehead atoms. The number of likely N-dealkylation sites (N-methyl/N-ethyl adjacent to an activating group) is 1. The number of benzene rings is 1. The largest absolute Gasteiger partial charge is 0.313 e. The molecular formula is C16H24ClFN2. The predicted octanol–water partition coefficient (Wildman–Crippen LogP) is 4.00. The van der Waals surface area contributed by atoms with E-state index in [1.807, 2.05) is 0 Å². The molecule has 0 amide bonds. The normalized spacial score (nSPS) is 21.1. The summed E-state index contributed by atoms with van der Waals surface area (Å²) < 4.78 is 13.2.